The Kier molecular flexibility index (Phi) is 7.99. The molecule has 0 aromatic heterocycles. The first-order chi connectivity index (χ1) is 6.70. The normalized spacial score (nSPS) is 11.4. The molecule has 0 saturated heterocycles. The highest BCUT2D eigenvalue weighted by Gasteiger charge is 2.03. The van der Waals surface area contributed by atoms with Crippen molar-refractivity contribution in [2.24, 2.45) is 0 Å². The molecule has 14 heavy (non-hydrogen) atoms. The SMILES string of the molecule is CCC=C(CCCCCC)OC(=O)O. The first-order valence-electron chi connectivity index (χ1n) is 5.30. The van der Waals surface area contributed by atoms with Crippen molar-refractivity contribution in [3.8, 4) is 0 Å². The minimum atomic E-state index is -1.21. The van der Waals surface area contributed by atoms with Crippen LogP contribution >= 0.6 is 0 Å². The van der Waals surface area contributed by atoms with E-state index in [9.17, 15) is 4.79 Å². The zero-order valence-corrected chi connectivity index (χ0v) is 9.08. The summed E-state index contributed by atoms with van der Waals surface area (Å²) in [7, 11) is 0. The van der Waals surface area contributed by atoms with Crippen molar-refractivity contribution in [1.82, 2.24) is 0 Å². The summed E-state index contributed by atoms with van der Waals surface area (Å²) in [5.41, 5.74) is 0. The molecule has 0 spiro atoms. The van der Waals surface area contributed by atoms with Crippen molar-refractivity contribution < 1.29 is 14.6 Å². The summed E-state index contributed by atoms with van der Waals surface area (Å²) in [6, 6.07) is 0. The first kappa shape index (κ1) is 13.0. The predicted molar refractivity (Wildman–Crippen MR) is 56.2 cm³/mol. The smallest absolute Gasteiger partial charge is 0.449 e. The average molecular weight is 200 g/mol. The third kappa shape index (κ3) is 7.65. The van der Waals surface area contributed by atoms with E-state index in [2.05, 4.69) is 11.7 Å². The highest BCUT2D eigenvalue weighted by atomic mass is 16.7. The summed E-state index contributed by atoms with van der Waals surface area (Å²) in [6.45, 7) is 4.12. The molecule has 0 atom stereocenters. The minimum absolute atomic E-state index is 0.594. The third-order valence-electron chi connectivity index (χ3n) is 1.93. The molecule has 0 unspecified atom stereocenters. The topological polar surface area (TPSA) is 46.5 Å². The number of allylic oxidation sites excluding steroid dienone is 2. The second-order valence-electron chi connectivity index (χ2n) is 3.26. The monoisotopic (exact) mass is 200 g/mol. The molecule has 0 aliphatic carbocycles. The van der Waals surface area contributed by atoms with Crippen LogP contribution in [0.25, 0.3) is 0 Å². The Hall–Kier alpha value is -0.990. The van der Waals surface area contributed by atoms with Crippen LogP contribution in [0.5, 0.6) is 0 Å². The Labute approximate surface area is 85.8 Å². The van der Waals surface area contributed by atoms with Crippen LogP contribution in [0.2, 0.25) is 0 Å². The molecule has 0 aromatic rings. The second-order valence-corrected chi connectivity index (χ2v) is 3.26. The lowest BCUT2D eigenvalue weighted by atomic mass is 10.1. The van der Waals surface area contributed by atoms with Gasteiger partial charge in [0.1, 0.15) is 5.76 Å². The fourth-order valence-corrected chi connectivity index (χ4v) is 1.26. The van der Waals surface area contributed by atoms with Crippen LogP contribution in [0, 0.1) is 0 Å². The van der Waals surface area contributed by atoms with Crippen molar-refractivity contribution >= 4 is 6.16 Å². The van der Waals surface area contributed by atoms with E-state index in [4.69, 9.17) is 5.11 Å². The van der Waals surface area contributed by atoms with Gasteiger partial charge >= 0.3 is 6.16 Å². The maximum atomic E-state index is 10.3. The molecule has 0 aliphatic heterocycles. The van der Waals surface area contributed by atoms with Gasteiger partial charge < -0.3 is 9.84 Å². The van der Waals surface area contributed by atoms with Gasteiger partial charge in [0.15, 0.2) is 0 Å². The first-order valence-corrected chi connectivity index (χ1v) is 5.30. The van der Waals surface area contributed by atoms with Gasteiger partial charge in [-0.05, 0) is 18.9 Å². The van der Waals surface area contributed by atoms with E-state index >= 15 is 0 Å². The van der Waals surface area contributed by atoms with Gasteiger partial charge in [0.2, 0.25) is 0 Å². The lowest BCUT2D eigenvalue weighted by Crippen LogP contribution is -2.00. The van der Waals surface area contributed by atoms with E-state index in [1.165, 1.54) is 12.8 Å². The number of carboxylic acid groups (broad SMARTS) is 1. The zero-order chi connectivity index (χ0) is 10.8. The summed E-state index contributed by atoms with van der Waals surface area (Å²) in [5.74, 6) is 0.594. The van der Waals surface area contributed by atoms with Crippen LogP contribution in [0.3, 0.4) is 0 Å². The van der Waals surface area contributed by atoms with Gasteiger partial charge in [-0.15, -0.1) is 0 Å². The molecule has 1 N–H and O–H groups in total. The summed E-state index contributed by atoms with van der Waals surface area (Å²) >= 11 is 0. The highest BCUT2D eigenvalue weighted by Crippen LogP contribution is 2.12. The summed E-state index contributed by atoms with van der Waals surface area (Å²) in [4.78, 5) is 10.3. The molecule has 0 heterocycles. The van der Waals surface area contributed by atoms with E-state index in [1.54, 1.807) is 0 Å². The summed E-state index contributed by atoms with van der Waals surface area (Å²) in [5, 5.41) is 8.45. The van der Waals surface area contributed by atoms with E-state index in [0.29, 0.717) is 5.76 Å². The van der Waals surface area contributed by atoms with Crippen LogP contribution in [0.15, 0.2) is 11.8 Å². The molecule has 3 heteroatoms. The van der Waals surface area contributed by atoms with Crippen molar-refractivity contribution in [1.29, 1.82) is 0 Å². The molecular weight excluding hydrogens is 180 g/mol. The van der Waals surface area contributed by atoms with Crippen molar-refractivity contribution in [2.45, 2.75) is 52.4 Å². The van der Waals surface area contributed by atoms with Crippen LogP contribution in [0.1, 0.15) is 52.4 Å². The number of hydrogen-bond acceptors (Lipinski definition) is 2. The highest BCUT2D eigenvalue weighted by molar-refractivity contribution is 5.58. The molecule has 0 aromatic carbocycles. The van der Waals surface area contributed by atoms with Gasteiger partial charge in [-0.1, -0.05) is 33.1 Å². The molecule has 3 nitrogen and oxygen atoms in total. The Bertz CT molecular complexity index is 185. The van der Waals surface area contributed by atoms with Crippen molar-refractivity contribution in [2.75, 3.05) is 0 Å². The maximum absolute atomic E-state index is 10.3. The van der Waals surface area contributed by atoms with E-state index in [-0.39, 0.29) is 0 Å². The Balaban J connectivity index is 3.74. The van der Waals surface area contributed by atoms with E-state index in [1.807, 2.05) is 13.0 Å². The quantitative estimate of drug-likeness (QED) is 0.384. The van der Waals surface area contributed by atoms with Gasteiger partial charge in [-0.25, -0.2) is 4.79 Å². The van der Waals surface area contributed by atoms with Gasteiger partial charge in [0.05, 0.1) is 0 Å². The molecule has 0 amide bonds. The van der Waals surface area contributed by atoms with Gasteiger partial charge in [-0.2, -0.15) is 0 Å². The van der Waals surface area contributed by atoms with E-state index < -0.39 is 6.16 Å². The number of hydrogen-bond donors (Lipinski definition) is 1. The van der Waals surface area contributed by atoms with Crippen LogP contribution in [-0.2, 0) is 4.74 Å². The van der Waals surface area contributed by atoms with Crippen LogP contribution in [-0.4, -0.2) is 11.3 Å². The lowest BCUT2D eigenvalue weighted by Gasteiger charge is -2.05. The number of carbonyl (C=O) groups is 1. The molecule has 0 fully saturated rings. The standard InChI is InChI=1S/C11H20O3/c1-3-5-6-7-9-10(8-4-2)14-11(12)13/h8H,3-7,9H2,1-2H3,(H,12,13). The minimum Gasteiger partial charge on any atom is -0.449 e. The lowest BCUT2D eigenvalue weighted by molar-refractivity contribution is 0.115. The largest absolute Gasteiger partial charge is 0.511 e. The van der Waals surface area contributed by atoms with Gasteiger partial charge in [-0.3, -0.25) is 0 Å². The molecule has 82 valence electrons. The average Bonchev–Trinajstić information content (AvgIpc) is 2.12. The number of ether oxygens (including phenoxy) is 1. The molecule has 0 aliphatic rings. The molecule has 0 radical (unpaired) electrons. The molecular formula is C11H20O3. The molecule has 0 saturated carbocycles. The van der Waals surface area contributed by atoms with Crippen molar-refractivity contribution in [3.63, 3.8) is 0 Å². The Morgan fingerprint density at radius 3 is 2.50 bits per heavy atom. The maximum Gasteiger partial charge on any atom is 0.511 e. The second kappa shape index (κ2) is 8.60. The Morgan fingerprint density at radius 2 is 2.00 bits per heavy atom. The van der Waals surface area contributed by atoms with Crippen molar-refractivity contribution in [3.05, 3.63) is 11.8 Å². The predicted octanol–water partition coefficient (Wildman–Crippen LogP) is 3.95. The Morgan fingerprint density at radius 1 is 1.29 bits per heavy atom. The number of rotatable bonds is 7. The molecule has 0 rings (SSSR count). The fraction of sp³-hybridized carbons (Fsp3) is 0.727. The van der Waals surface area contributed by atoms with E-state index in [0.717, 1.165) is 25.7 Å². The molecule has 0 bridgehead atoms. The summed E-state index contributed by atoms with van der Waals surface area (Å²) < 4.78 is 4.65. The number of unbranched alkanes of at least 4 members (excludes halogenated alkanes) is 3. The van der Waals surface area contributed by atoms with Crippen LogP contribution in [0.4, 0.5) is 4.79 Å². The summed E-state index contributed by atoms with van der Waals surface area (Å²) in [6.07, 6.45) is 6.71. The van der Waals surface area contributed by atoms with Crippen LogP contribution < -0.4 is 0 Å². The van der Waals surface area contributed by atoms with Gasteiger partial charge in [0.25, 0.3) is 0 Å². The third-order valence-corrected chi connectivity index (χ3v) is 1.93. The van der Waals surface area contributed by atoms with Gasteiger partial charge in [0, 0.05) is 6.42 Å². The zero-order valence-electron chi connectivity index (χ0n) is 9.08. The fourth-order valence-electron chi connectivity index (χ4n) is 1.26.